The molecule has 0 spiro atoms. The second-order valence-corrected chi connectivity index (χ2v) is 4.84. The molecule has 1 aromatic heterocycles. The minimum Gasteiger partial charge on any atom is -0.394 e. The maximum absolute atomic E-state index is 12.2. The highest BCUT2D eigenvalue weighted by Crippen LogP contribution is 2.21. The number of carbonyl (C=O) groups excluding carboxylic acids is 1. The lowest BCUT2D eigenvalue weighted by Crippen LogP contribution is -2.46. The van der Waals surface area contributed by atoms with E-state index in [2.05, 4.69) is 10.3 Å². The maximum atomic E-state index is 12.2. The molecule has 21 heavy (non-hydrogen) atoms. The summed E-state index contributed by atoms with van der Waals surface area (Å²) in [6.07, 6.45) is 1.15. The Morgan fingerprint density at radius 1 is 1.43 bits per heavy atom. The van der Waals surface area contributed by atoms with Gasteiger partial charge in [-0.05, 0) is 12.5 Å². The van der Waals surface area contributed by atoms with Gasteiger partial charge in [-0.15, -0.1) is 0 Å². The summed E-state index contributed by atoms with van der Waals surface area (Å²) in [5.41, 5.74) is -0.358. The van der Waals surface area contributed by atoms with Crippen LogP contribution in [0.3, 0.4) is 0 Å². The molecule has 0 bridgehead atoms. The Kier molecular flexibility index (Phi) is 4.04. The molecule has 1 amide bonds. The molecule has 0 radical (unpaired) electrons. The van der Waals surface area contributed by atoms with Crippen molar-refractivity contribution >= 4 is 11.6 Å². The van der Waals surface area contributed by atoms with Crippen molar-refractivity contribution in [2.24, 2.45) is 0 Å². The SMILES string of the molecule is CC(CO)(NC(=O)c1cc([N+](=O)[O-])c[nH]1)c1ccccc1. The van der Waals surface area contributed by atoms with Crippen LogP contribution in [0.2, 0.25) is 0 Å². The minimum atomic E-state index is -0.974. The fourth-order valence-corrected chi connectivity index (χ4v) is 1.95. The van der Waals surface area contributed by atoms with E-state index < -0.39 is 16.4 Å². The van der Waals surface area contributed by atoms with Gasteiger partial charge < -0.3 is 15.4 Å². The molecule has 7 nitrogen and oxygen atoms in total. The first-order valence-corrected chi connectivity index (χ1v) is 6.28. The molecule has 1 unspecified atom stereocenters. The lowest BCUT2D eigenvalue weighted by atomic mass is 9.93. The number of carbonyl (C=O) groups is 1. The largest absolute Gasteiger partial charge is 0.394 e. The molecule has 7 heteroatoms. The third-order valence-electron chi connectivity index (χ3n) is 3.24. The van der Waals surface area contributed by atoms with Crippen LogP contribution in [0.15, 0.2) is 42.6 Å². The number of aliphatic hydroxyl groups excluding tert-OH is 1. The van der Waals surface area contributed by atoms with Crippen molar-refractivity contribution in [3.8, 4) is 0 Å². The van der Waals surface area contributed by atoms with E-state index in [0.29, 0.717) is 0 Å². The van der Waals surface area contributed by atoms with E-state index in [4.69, 9.17) is 0 Å². The van der Waals surface area contributed by atoms with Gasteiger partial charge in [0.05, 0.1) is 23.3 Å². The summed E-state index contributed by atoms with van der Waals surface area (Å²) >= 11 is 0. The van der Waals surface area contributed by atoms with Crippen molar-refractivity contribution in [2.75, 3.05) is 6.61 Å². The number of nitro groups is 1. The summed E-state index contributed by atoms with van der Waals surface area (Å²) in [6, 6.07) is 10.2. The number of H-pyrrole nitrogens is 1. The number of benzene rings is 1. The summed E-state index contributed by atoms with van der Waals surface area (Å²) in [5.74, 6) is -0.525. The van der Waals surface area contributed by atoms with Gasteiger partial charge in [0.1, 0.15) is 5.69 Å². The number of aliphatic hydroxyl groups is 1. The number of rotatable bonds is 5. The Bertz CT molecular complexity index is 653. The fraction of sp³-hybridized carbons (Fsp3) is 0.214. The predicted octanol–water partition coefficient (Wildman–Crippen LogP) is 1.56. The molecular formula is C14H15N3O4. The molecule has 2 rings (SSSR count). The summed E-state index contributed by atoms with van der Waals surface area (Å²) in [6.45, 7) is 1.38. The summed E-state index contributed by atoms with van der Waals surface area (Å²) in [4.78, 5) is 24.7. The van der Waals surface area contributed by atoms with Gasteiger partial charge in [0.2, 0.25) is 0 Å². The first kappa shape index (κ1) is 14.7. The first-order chi connectivity index (χ1) is 9.96. The topological polar surface area (TPSA) is 108 Å². The van der Waals surface area contributed by atoms with Crippen molar-refractivity contribution in [1.29, 1.82) is 0 Å². The van der Waals surface area contributed by atoms with Gasteiger partial charge in [-0.3, -0.25) is 14.9 Å². The fourth-order valence-electron chi connectivity index (χ4n) is 1.95. The molecule has 0 aliphatic rings. The van der Waals surface area contributed by atoms with E-state index >= 15 is 0 Å². The average Bonchev–Trinajstić information content (AvgIpc) is 2.98. The highest BCUT2D eigenvalue weighted by atomic mass is 16.6. The standard InChI is InChI=1S/C14H15N3O4/c1-14(9-18,10-5-3-2-4-6-10)16-13(19)12-7-11(8-15-12)17(20)21/h2-8,15,18H,9H2,1H3,(H,16,19). The van der Waals surface area contributed by atoms with Gasteiger partial charge in [-0.2, -0.15) is 0 Å². The van der Waals surface area contributed by atoms with E-state index in [1.54, 1.807) is 31.2 Å². The van der Waals surface area contributed by atoms with E-state index in [1.165, 1.54) is 0 Å². The van der Waals surface area contributed by atoms with Crippen LogP contribution < -0.4 is 5.32 Å². The van der Waals surface area contributed by atoms with Crippen LogP contribution in [0, 0.1) is 10.1 Å². The molecule has 1 atom stereocenters. The van der Waals surface area contributed by atoms with Gasteiger partial charge in [0.15, 0.2) is 0 Å². The van der Waals surface area contributed by atoms with E-state index in [1.807, 2.05) is 6.07 Å². The Labute approximate surface area is 120 Å². The smallest absolute Gasteiger partial charge is 0.287 e. The zero-order chi connectivity index (χ0) is 15.5. The molecule has 0 aliphatic carbocycles. The molecule has 1 aromatic carbocycles. The second kappa shape index (κ2) is 5.76. The molecule has 0 aliphatic heterocycles. The van der Waals surface area contributed by atoms with Crippen molar-refractivity contribution in [1.82, 2.24) is 10.3 Å². The lowest BCUT2D eigenvalue weighted by molar-refractivity contribution is -0.384. The first-order valence-electron chi connectivity index (χ1n) is 6.28. The normalized spacial score (nSPS) is 13.4. The Hall–Kier alpha value is -2.67. The van der Waals surface area contributed by atoms with Crippen molar-refractivity contribution in [3.05, 3.63) is 64.0 Å². The summed E-state index contributed by atoms with van der Waals surface area (Å²) in [5, 5.41) is 22.9. The van der Waals surface area contributed by atoms with Crippen LogP contribution in [0.4, 0.5) is 5.69 Å². The lowest BCUT2D eigenvalue weighted by Gasteiger charge is -2.29. The number of aromatic nitrogens is 1. The molecule has 0 saturated carbocycles. The van der Waals surface area contributed by atoms with Gasteiger partial charge in [0, 0.05) is 6.07 Å². The average molecular weight is 289 g/mol. The minimum absolute atomic E-state index is 0.0670. The Balaban J connectivity index is 2.21. The maximum Gasteiger partial charge on any atom is 0.287 e. The van der Waals surface area contributed by atoms with Crippen LogP contribution in [0.5, 0.6) is 0 Å². The highest BCUT2D eigenvalue weighted by Gasteiger charge is 2.29. The third-order valence-corrected chi connectivity index (χ3v) is 3.24. The third kappa shape index (κ3) is 3.09. The number of hydrogen-bond acceptors (Lipinski definition) is 4. The van der Waals surface area contributed by atoms with Crippen molar-refractivity contribution in [3.63, 3.8) is 0 Å². The molecule has 0 fully saturated rings. The van der Waals surface area contributed by atoms with Crippen LogP contribution >= 0.6 is 0 Å². The summed E-state index contributed by atoms with van der Waals surface area (Å²) in [7, 11) is 0. The highest BCUT2D eigenvalue weighted by molar-refractivity contribution is 5.93. The quantitative estimate of drug-likeness (QED) is 0.573. The number of amides is 1. The van der Waals surface area contributed by atoms with Crippen molar-refractivity contribution in [2.45, 2.75) is 12.5 Å². The van der Waals surface area contributed by atoms with Gasteiger partial charge >= 0.3 is 0 Å². The monoisotopic (exact) mass is 289 g/mol. The number of aromatic amines is 1. The van der Waals surface area contributed by atoms with E-state index in [9.17, 15) is 20.0 Å². The van der Waals surface area contributed by atoms with Gasteiger partial charge in [0.25, 0.3) is 11.6 Å². The van der Waals surface area contributed by atoms with Crippen LogP contribution in [-0.2, 0) is 5.54 Å². The van der Waals surface area contributed by atoms with E-state index in [0.717, 1.165) is 17.8 Å². The summed E-state index contributed by atoms with van der Waals surface area (Å²) < 4.78 is 0. The number of hydrogen-bond donors (Lipinski definition) is 3. The zero-order valence-corrected chi connectivity index (χ0v) is 11.4. The molecule has 0 saturated heterocycles. The molecular weight excluding hydrogens is 274 g/mol. The molecule has 2 aromatic rings. The Morgan fingerprint density at radius 2 is 2.10 bits per heavy atom. The Morgan fingerprint density at radius 3 is 2.62 bits per heavy atom. The van der Waals surface area contributed by atoms with Crippen LogP contribution in [-0.4, -0.2) is 27.5 Å². The van der Waals surface area contributed by atoms with Gasteiger partial charge in [-0.1, -0.05) is 30.3 Å². The zero-order valence-electron chi connectivity index (χ0n) is 11.4. The molecule has 3 N–H and O–H groups in total. The van der Waals surface area contributed by atoms with Crippen LogP contribution in [0.1, 0.15) is 23.0 Å². The van der Waals surface area contributed by atoms with Crippen LogP contribution in [0.25, 0.3) is 0 Å². The van der Waals surface area contributed by atoms with Crippen molar-refractivity contribution < 1.29 is 14.8 Å². The molecule has 110 valence electrons. The van der Waals surface area contributed by atoms with E-state index in [-0.39, 0.29) is 18.0 Å². The number of nitrogens with one attached hydrogen (secondary N) is 2. The van der Waals surface area contributed by atoms with Gasteiger partial charge in [-0.25, -0.2) is 0 Å². The predicted molar refractivity (Wildman–Crippen MR) is 75.8 cm³/mol. The molecule has 1 heterocycles. The second-order valence-electron chi connectivity index (χ2n) is 4.84. The number of nitrogens with zero attached hydrogens (tertiary/aromatic N) is 1.